The van der Waals surface area contributed by atoms with Gasteiger partial charge in [0.2, 0.25) is 5.91 Å². The van der Waals surface area contributed by atoms with Gasteiger partial charge < -0.3 is 9.64 Å². The van der Waals surface area contributed by atoms with E-state index >= 15 is 0 Å². The van der Waals surface area contributed by atoms with Crippen LogP contribution in [-0.2, 0) is 24.2 Å². The van der Waals surface area contributed by atoms with Crippen molar-refractivity contribution in [3.63, 3.8) is 0 Å². The maximum atomic E-state index is 13.3. The van der Waals surface area contributed by atoms with Crippen molar-refractivity contribution in [2.75, 3.05) is 13.7 Å². The highest BCUT2D eigenvalue weighted by Crippen LogP contribution is 2.22. The van der Waals surface area contributed by atoms with Gasteiger partial charge in [-0.1, -0.05) is 60.7 Å². The first-order valence-corrected chi connectivity index (χ1v) is 10.1. The lowest BCUT2D eigenvalue weighted by atomic mass is 10.0. The lowest BCUT2D eigenvalue weighted by Crippen LogP contribution is -2.33. The first kappa shape index (κ1) is 21.3. The van der Waals surface area contributed by atoms with Crippen LogP contribution in [0.5, 0.6) is 5.75 Å². The lowest BCUT2D eigenvalue weighted by Gasteiger charge is -2.24. The third-order valence-corrected chi connectivity index (χ3v) is 5.11. The molecule has 0 aromatic heterocycles. The Morgan fingerprint density at radius 2 is 1.50 bits per heavy atom. The van der Waals surface area contributed by atoms with Crippen molar-refractivity contribution in [1.82, 2.24) is 4.90 Å². The van der Waals surface area contributed by atoms with Gasteiger partial charge in [0.1, 0.15) is 5.75 Å². The average molecular weight is 402 g/mol. The molecule has 30 heavy (non-hydrogen) atoms. The second kappa shape index (κ2) is 10.4. The summed E-state index contributed by atoms with van der Waals surface area (Å²) in [5.41, 5.74) is 3.59. The van der Waals surface area contributed by atoms with Gasteiger partial charge in [-0.15, -0.1) is 0 Å². The Kier molecular flexibility index (Phi) is 7.39. The Labute approximate surface area is 178 Å². The van der Waals surface area contributed by atoms with Crippen molar-refractivity contribution in [1.29, 1.82) is 0 Å². The van der Waals surface area contributed by atoms with Crippen molar-refractivity contribution in [2.24, 2.45) is 0 Å². The second-order valence-electron chi connectivity index (χ2n) is 7.30. The molecule has 3 aromatic carbocycles. The molecular weight excluding hydrogens is 374 g/mol. The number of ketones is 1. The summed E-state index contributed by atoms with van der Waals surface area (Å²) >= 11 is 0. The van der Waals surface area contributed by atoms with Crippen molar-refractivity contribution in [2.45, 2.75) is 26.3 Å². The van der Waals surface area contributed by atoms with Crippen molar-refractivity contribution in [3.8, 4) is 5.75 Å². The lowest BCUT2D eigenvalue weighted by molar-refractivity contribution is -0.131. The van der Waals surface area contributed by atoms with Crippen LogP contribution in [0, 0.1) is 0 Å². The van der Waals surface area contributed by atoms with Crippen LogP contribution in [0.4, 0.5) is 0 Å². The predicted molar refractivity (Wildman–Crippen MR) is 119 cm³/mol. The molecule has 3 aromatic rings. The molecule has 0 aliphatic rings. The molecular formula is C26H27NO3. The number of carbonyl (C=O) groups excluding carboxylic acids is 2. The van der Waals surface area contributed by atoms with Gasteiger partial charge in [0.15, 0.2) is 5.78 Å². The van der Waals surface area contributed by atoms with E-state index in [-0.39, 0.29) is 18.1 Å². The molecule has 0 unspecified atom stereocenters. The number of carbonyl (C=O) groups is 2. The minimum atomic E-state index is -0.0310. The van der Waals surface area contributed by atoms with Crippen LogP contribution >= 0.6 is 0 Å². The number of nitrogens with zero attached hydrogens (tertiary/aromatic N) is 1. The van der Waals surface area contributed by atoms with Gasteiger partial charge in [-0.2, -0.15) is 0 Å². The topological polar surface area (TPSA) is 46.6 Å². The van der Waals surface area contributed by atoms with Gasteiger partial charge >= 0.3 is 0 Å². The first-order valence-electron chi connectivity index (χ1n) is 10.1. The molecule has 0 aliphatic carbocycles. The van der Waals surface area contributed by atoms with Crippen molar-refractivity contribution >= 4 is 11.7 Å². The predicted octanol–water partition coefficient (Wildman–Crippen LogP) is 4.71. The van der Waals surface area contributed by atoms with Crippen molar-refractivity contribution < 1.29 is 14.3 Å². The third kappa shape index (κ3) is 5.80. The number of hydrogen-bond donors (Lipinski definition) is 0. The Morgan fingerprint density at radius 1 is 0.867 bits per heavy atom. The fourth-order valence-corrected chi connectivity index (χ4v) is 3.41. The van der Waals surface area contributed by atoms with Crippen LogP contribution in [0.25, 0.3) is 0 Å². The summed E-state index contributed by atoms with van der Waals surface area (Å²) in [6.07, 6.45) is 0.968. The summed E-state index contributed by atoms with van der Waals surface area (Å²) in [5.74, 6) is 0.599. The van der Waals surface area contributed by atoms with Crippen LogP contribution in [0.15, 0.2) is 78.9 Å². The van der Waals surface area contributed by atoms with E-state index in [1.807, 2.05) is 53.4 Å². The number of methoxy groups -OCH3 is 1. The van der Waals surface area contributed by atoms with Crippen molar-refractivity contribution in [3.05, 3.63) is 101 Å². The largest absolute Gasteiger partial charge is 0.496 e. The highest BCUT2D eigenvalue weighted by molar-refractivity contribution is 5.94. The minimum absolute atomic E-state index is 0.00814. The van der Waals surface area contributed by atoms with E-state index in [1.165, 1.54) is 12.5 Å². The molecule has 1 amide bonds. The number of rotatable bonds is 9. The molecule has 0 saturated heterocycles. The third-order valence-electron chi connectivity index (χ3n) is 5.11. The van der Waals surface area contributed by atoms with E-state index in [1.54, 1.807) is 25.3 Å². The summed E-state index contributed by atoms with van der Waals surface area (Å²) in [4.78, 5) is 26.9. The van der Waals surface area contributed by atoms with Crippen LogP contribution in [0.2, 0.25) is 0 Å². The van der Waals surface area contributed by atoms with E-state index in [2.05, 4.69) is 12.1 Å². The fraction of sp³-hybridized carbons (Fsp3) is 0.231. The van der Waals surface area contributed by atoms with Gasteiger partial charge in [0, 0.05) is 24.2 Å². The highest BCUT2D eigenvalue weighted by Gasteiger charge is 2.18. The summed E-state index contributed by atoms with van der Waals surface area (Å²) in [6, 6.07) is 25.4. The normalized spacial score (nSPS) is 10.5. The van der Waals surface area contributed by atoms with Gasteiger partial charge in [0.25, 0.3) is 0 Å². The zero-order valence-corrected chi connectivity index (χ0v) is 17.5. The Hall–Kier alpha value is -3.40. The monoisotopic (exact) mass is 401 g/mol. The van der Waals surface area contributed by atoms with Gasteiger partial charge in [-0.25, -0.2) is 0 Å². The molecule has 0 N–H and O–H groups in total. The van der Waals surface area contributed by atoms with Crippen LogP contribution in [0.3, 0.4) is 0 Å². The number of amides is 1. The number of hydrogen-bond acceptors (Lipinski definition) is 3. The van der Waals surface area contributed by atoms with Crippen LogP contribution in [0.1, 0.15) is 34.0 Å². The summed E-state index contributed by atoms with van der Waals surface area (Å²) in [7, 11) is 1.58. The Morgan fingerprint density at radius 3 is 2.10 bits per heavy atom. The van der Waals surface area contributed by atoms with Crippen LogP contribution < -0.4 is 4.74 Å². The van der Waals surface area contributed by atoms with E-state index in [4.69, 9.17) is 4.74 Å². The first-order chi connectivity index (χ1) is 14.6. The van der Waals surface area contributed by atoms with E-state index in [9.17, 15) is 9.59 Å². The average Bonchev–Trinajstić information content (AvgIpc) is 2.77. The Balaban J connectivity index is 1.80. The zero-order chi connectivity index (χ0) is 21.3. The standard InChI is InChI=1S/C26H27NO3/c1-20(28)23-13-14-25(30-2)24(17-23)18-26(29)27(19-22-11-7-4-8-12-22)16-15-21-9-5-3-6-10-21/h3-14,17H,15-16,18-19H2,1-2H3. The molecule has 4 nitrogen and oxygen atoms in total. The SMILES string of the molecule is COc1ccc(C(C)=O)cc1CC(=O)N(CCc1ccccc1)Cc1ccccc1. The minimum Gasteiger partial charge on any atom is -0.496 e. The maximum Gasteiger partial charge on any atom is 0.227 e. The van der Waals surface area contributed by atoms with Gasteiger partial charge in [-0.05, 0) is 42.7 Å². The molecule has 0 bridgehead atoms. The highest BCUT2D eigenvalue weighted by atomic mass is 16.5. The maximum absolute atomic E-state index is 13.3. The molecule has 0 atom stereocenters. The van der Waals surface area contributed by atoms with Crippen LogP contribution in [-0.4, -0.2) is 30.2 Å². The molecule has 0 spiro atoms. The molecule has 3 rings (SSSR count). The van der Waals surface area contributed by atoms with Gasteiger partial charge in [-0.3, -0.25) is 9.59 Å². The van der Waals surface area contributed by atoms with Gasteiger partial charge in [0.05, 0.1) is 13.5 Å². The number of benzene rings is 3. The summed E-state index contributed by atoms with van der Waals surface area (Å²) in [5, 5.41) is 0. The molecule has 4 heteroatoms. The Bertz CT molecular complexity index is 984. The van der Waals surface area contributed by atoms with E-state index in [0.29, 0.717) is 24.4 Å². The molecule has 0 heterocycles. The number of Topliss-reactive ketones (excluding diaryl/α,β-unsaturated/α-hetero) is 1. The number of ether oxygens (including phenoxy) is 1. The molecule has 0 radical (unpaired) electrons. The molecule has 0 fully saturated rings. The molecule has 154 valence electrons. The summed E-state index contributed by atoms with van der Waals surface area (Å²) in [6.45, 7) is 2.68. The quantitative estimate of drug-likeness (QED) is 0.488. The van der Waals surface area contributed by atoms with E-state index < -0.39 is 0 Å². The summed E-state index contributed by atoms with van der Waals surface area (Å²) < 4.78 is 5.43. The second-order valence-corrected chi connectivity index (χ2v) is 7.30. The smallest absolute Gasteiger partial charge is 0.227 e. The fourth-order valence-electron chi connectivity index (χ4n) is 3.41. The zero-order valence-electron chi connectivity index (χ0n) is 17.5. The molecule has 0 saturated carbocycles. The molecule has 0 aliphatic heterocycles. The van der Waals surface area contributed by atoms with E-state index in [0.717, 1.165) is 17.5 Å².